The van der Waals surface area contributed by atoms with E-state index in [-0.39, 0.29) is 24.4 Å². The van der Waals surface area contributed by atoms with E-state index in [2.05, 4.69) is 0 Å². The van der Waals surface area contributed by atoms with Crippen molar-refractivity contribution < 1.29 is 9.53 Å². The molecule has 0 bridgehead atoms. The number of halogens is 1. The van der Waals surface area contributed by atoms with Crippen LogP contribution in [-0.4, -0.2) is 13.1 Å². The highest BCUT2D eigenvalue weighted by Gasteiger charge is 2.37. The molecule has 1 rings (SSSR count). The molecule has 1 aromatic heterocycles. The van der Waals surface area contributed by atoms with E-state index in [1.54, 1.807) is 11.3 Å². The van der Waals surface area contributed by atoms with Crippen molar-refractivity contribution in [2.45, 2.75) is 26.8 Å². The lowest BCUT2D eigenvalue weighted by atomic mass is 9.83. The number of esters is 1. The summed E-state index contributed by atoms with van der Waals surface area (Å²) < 4.78 is 4.76. The normalized spacial score (nSPS) is 12.8. The number of hydrogen-bond acceptors (Lipinski definition) is 4. The van der Waals surface area contributed by atoms with E-state index in [1.165, 1.54) is 7.11 Å². The first kappa shape index (κ1) is 15.4. The molecule has 5 heteroatoms. The zero-order chi connectivity index (χ0) is 11.6. The molecular formula is C11H18ClNO2S. The number of hydrogen-bond donors (Lipinski definition) is 1. The van der Waals surface area contributed by atoms with Gasteiger partial charge in [-0.3, -0.25) is 4.79 Å². The Morgan fingerprint density at radius 3 is 2.50 bits per heavy atom. The first-order valence-corrected chi connectivity index (χ1v) is 5.67. The number of methoxy groups -OCH3 is 1. The van der Waals surface area contributed by atoms with Gasteiger partial charge in [-0.1, -0.05) is 0 Å². The summed E-state index contributed by atoms with van der Waals surface area (Å²) in [6.45, 7) is 5.62. The molecule has 0 aliphatic heterocycles. The van der Waals surface area contributed by atoms with Crippen LogP contribution in [-0.2, 0) is 9.53 Å². The van der Waals surface area contributed by atoms with Crippen LogP contribution in [0.1, 0.15) is 30.3 Å². The number of aryl methyl sites for hydroxylation is 1. The number of thiophene rings is 1. The lowest BCUT2D eigenvalue weighted by molar-refractivity contribution is -0.152. The molecule has 92 valence electrons. The molecule has 2 N–H and O–H groups in total. The third-order valence-corrected chi connectivity index (χ3v) is 3.78. The Morgan fingerprint density at radius 2 is 2.12 bits per heavy atom. The molecule has 0 aliphatic carbocycles. The predicted octanol–water partition coefficient (Wildman–Crippen LogP) is 2.68. The maximum absolute atomic E-state index is 11.6. The van der Waals surface area contributed by atoms with Gasteiger partial charge in [-0.15, -0.1) is 23.7 Å². The van der Waals surface area contributed by atoms with Gasteiger partial charge in [0.2, 0.25) is 0 Å². The summed E-state index contributed by atoms with van der Waals surface area (Å²) in [6.07, 6.45) is 0. The van der Waals surface area contributed by atoms with E-state index in [0.717, 1.165) is 10.4 Å². The Bertz CT molecular complexity index is 363. The van der Waals surface area contributed by atoms with E-state index < -0.39 is 5.41 Å². The van der Waals surface area contributed by atoms with Crippen LogP contribution in [0.4, 0.5) is 0 Å². The zero-order valence-electron chi connectivity index (χ0n) is 9.94. The van der Waals surface area contributed by atoms with Crippen molar-refractivity contribution in [3.8, 4) is 0 Å². The molecule has 0 radical (unpaired) electrons. The van der Waals surface area contributed by atoms with Crippen LogP contribution in [0.5, 0.6) is 0 Å². The minimum atomic E-state index is -0.690. The van der Waals surface area contributed by atoms with Crippen LogP contribution in [0.15, 0.2) is 11.4 Å². The van der Waals surface area contributed by atoms with Crippen molar-refractivity contribution in [2.75, 3.05) is 7.11 Å². The second-order valence-corrected chi connectivity index (χ2v) is 5.11. The minimum Gasteiger partial charge on any atom is -0.469 e. The second-order valence-electron chi connectivity index (χ2n) is 4.16. The molecule has 0 unspecified atom stereocenters. The van der Waals surface area contributed by atoms with Gasteiger partial charge in [0.15, 0.2) is 0 Å². The van der Waals surface area contributed by atoms with Gasteiger partial charge in [0.1, 0.15) is 0 Å². The predicted molar refractivity (Wildman–Crippen MR) is 69.0 cm³/mol. The summed E-state index contributed by atoms with van der Waals surface area (Å²) in [7, 11) is 1.39. The highest BCUT2D eigenvalue weighted by atomic mass is 35.5. The van der Waals surface area contributed by atoms with Gasteiger partial charge in [0.05, 0.1) is 18.6 Å². The molecule has 0 aliphatic rings. The highest BCUT2D eigenvalue weighted by molar-refractivity contribution is 7.10. The fourth-order valence-electron chi connectivity index (χ4n) is 1.42. The third kappa shape index (κ3) is 2.75. The molecule has 0 saturated heterocycles. The summed E-state index contributed by atoms with van der Waals surface area (Å²) in [4.78, 5) is 12.6. The van der Waals surface area contributed by atoms with Gasteiger partial charge in [-0.25, -0.2) is 0 Å². The van der Waals surface area contributed by atoms with Gasteiger partial charge in [-0.2, -0.15) is 0 Å². The molecule has 1 heterocycles. The Labute approximate surface area is 106 Å². The van der Waals surface area contributed by atoms with Crippen LogP contribution in [0.3, 0.4) is 0 Å². The van der Waals surface area contributed by atoms with Gasteiger partial charge in [-0.05, 0) is 37.8 Å². The fraction of sp³-hybridized carbons (Fsp3) is 0.545. The van der Waals surface area contributed by atoms with Crippen LogP contribution in [0, 0.1) is 12.3 Å². The van der Waals surface area contributed by atoms with Crippen molar-refractivity contribution in [3.63, 3.8) is 0 Å². The monoisotopic (exact) mass is 263 g/mol. The second kappa shape index (κ2) is 5.66. The maximum Gasteiger partial charge on any atom is 0.313 e. The largest absolute Gasteiger partial charge is 0.469 e. The molecule has 0 spiro atoms. The lowest BCUT2D eigenvalue weighted by Crippen LogP contribution is -2.37. The van der Waals surface area contributed by atoms with E-state index in [9.17, 15) is 4.79 Å². The van der Waals surface area contributed by atoms with E-state index in [4.69, 9.17) is 10.5 Å². The molecule has 0 aromatic carbocycles. The van der Waals surface area contributed by atoms with E-state index in [0.29, 0.717) is 0 Å². The number of ether oxygens (including phenoxy) is 1. The van der Waals surface area contributed by atoms with Gasteiger partial charge >= 0.3 is 5.97 Å². The summed E-state index contributed by atoms with van der Waals surface area (Å²) >= 11 is 1.58. The molecule has 0 amide bonds. The molecule has 0 saturated carbocycles. The molecular weight excluding hydrogens is 246 g/mol. The van der Waals surface area contributed by atoms with Crippen molar-refractivity contribution >= 4 is 29.7 Å². The average Bonchev–Trinajstić information content (AvgIpc) is 2.61. The third-order valence-electron chi connectivity index (χ3n) is 2.67. The van der Waals surface area contributed by atoms with Crippen molar-refractivity contribution in [1.29, 1.82) is 0 Å². The van der Waals surface area contributed by atoms with Crippen molar-refractivity contribution in [3.05, 3.63) is 21.9 Å². The number of nitrogens with two attached hydrogens (primary N) is 1. The average molecular weight is 264 g/mol. The summed E-state index contributed by atoms with van der Waals surface area (Å²) in [5.74, 6) is -0.275. The molecule has 1 aromatic rings. The van der Waals surface area contributed by atoms with Crippen LogP contribution < -0.4 is 5.73 Å². The molecule has 3 nitrogen and oxygen atoms in total. The summed E-state index contributed by atoms with van der Waals surface area (Å²) in [6, 6.07) is 1.69. The first-order valence-electron chi connectivity index (χ1n) is 4.79. The fourth-order valence-corrected chi connectivity index (χ4v) is 2.53. The number of carbonyl (C=O) groups is 1. The van der Waals surface area contributed by atoms with E-state index >= 15 is 0 Å². The van der Waals surface area contributed by atoms with Crippen LogP contribution in [0.25, 0.3) is 0 Å². The number of rotatable bonds is 3. The van der Waals surface area contributed by atoms with Crippen LogP contribution in [0.2, 0.25) is 0 Å². The Kier molecular flexibility index (Phi) is 5.46. The zero-order valence-corrected chi connectivity index (χ0v) is 11.6. The Balaban J connectivity index is 0.00000225. The van der Waals surface area contributed by atoms with Gasteiger partial charge in [0.25, 0.3) is 0 Å². The lowest BCUT2D eigenvalue weighted by Gasteiger charge is -2.28. The van der Waals surface area contributed by atoms with Crippen molar-refractivity contribution in [1.82, 2.24) is 0 Å². The molecule has 0 fully saturated rings. The number of carbonyl (C=O) groups excluding carboxylic acids is 1. The standard InChI is InChI=1S/C11H17NO2S.ClH/c1-7-5-6-15-8(7)9(12)11(2,3)10(13)14-4;/h5-6,9H,12H2,1-4H3;1H/t9-;/m0./s1. The quantitative estimate of drug-likeness (QED) is 0.853. The Morgan fingerprint density at radius 1 is 1.56 bits per heavy atom. The molecule has 16 heavy (non-hydrogen) atoms. The maximum atomic E-state index is 11.6. The smallest absolute Gasteiger partial charge is 0.313 e. The SMILES string of the molecule is COC(=O)C(C)(C)[C@@H](N)c1sccc1C.Cl. The van der Waals surface area contributed by atoms with Crippen molar-refractivity contribution in [2.24, 2.45) is 11.1 Å². The molecule has 1 atom stereocenters. The topological polar surface area (TPSA) is 52.3 Å². The first-order chi connectivity index (χ1) is 6.91. The van der Waals surface area contributed by atoms with Crippen LogP contribution >= 0.6 is 23.7 Å². The van der Waals surface area contributed by atoms with E-state index in [1.807, 2.05) is 32.2 Å². The summed E-state index contributed by atoms with van der Waals surface area (Å²) in [5.41, 5.74) is 6.54. The Hall–Kier alpha value is -0.580. The minimum absolute atomic E-state index is 0. The highest BCUT2D eigenvalue weighted by Crippen LogP contribution is 2.36. The van der Waals surface area contributed by atoms with Gasteiger partial charge < -0.3 is 10.5 Å². The van der Waals surface area contributed by atoms with Gasteiger partial charge in [0, 0.05) is 4.88 Å². The summed E-state index contributed by atoms with van der Waals surface area (Å²) in [5, 5.41) is 1.98.